The molecule has 1 saturated heterocycles. The summed E-state index contributed by atoms with van der Waals surface area (Å²) in [6.45, 7) is 6.77. The van der Waals surface area contributed by atoms with E-state index in [-0.39, 0.29) is 17.6 Å². The van der Waals surface area contributed by atoms with Gasteiger partial charge in [0.15, 0.2) is 5.78 Å². The van der Waals surface area contributed by atoms with Gasteiger partial charge in [-0.1, -0.05) is 20.8 Å². The highest BCUT2D eigenvalue weighted by Crippen LogP contribution is 2.36. The molecule has 0 bridgehead atoms. The van der Waals surface area contributed by atoms with Crippen molar-refractivity contribution in [3.05, 3.63) is 12.2 Å². The Balaban J connectivity index is 2.44. The molecule has 0 aromatic rings. The molecule has 2 heterocycles. The monoisotopic (exact) mass is 264 g/mol. The Morgan fingerprint density at radius 2 is 1.63 bits per heavy atom. The fourth-order valence-corrected chi connectivity index (χ4v) is 2.91. The Hall–Kier alpha value is -1.49. The Morgan fingerprint density at radius 1 is 1.16 bits per heavy atom. The van der Waals surface area contributed by atoms with Crippen LogP contribution in [0.15, 0.2) is 12.2 Å². The lowest BCUT2D eigenvalue weighted by Crippen LogP contribution is -2.63. The van der Waals surface area contributed by atoms with E-state index < -0.39 is 11.0 Å². The summed E-state index contributed by atoms with van der Waals surface area (Å²) >= 11 is 0. The summed E-state index contributed by atoms with van der Waals surface area (Å²) in [5.41, 5.74) is -1.57. The first-order valence-electron chi connectivity index (χ1n) is 6.61. The van der Waals surface area contributed by atoms with Gasteiger partial charge >= 0.3 is 0 Å². The standard InChI is InChI=1S/C14H20N2O3/c1-13(2,3)12(19)14(6-8-15-9-7-14)16-10(17)4-5-11(16)18/h4-5,15H,6-9H2,1-3H3. The van der Waals surface area contributed by atoms with Gasteiger partial charge in [-0.15, -0.1) is 0 Å². The zero-order chi connectivity index (χ0) is 14.3. The molecule has 2 aliphatic rings. The van der Waals surface area contributed by atoms with E-state index in [0.717, 1.165) is 0 Å². The predicted octanol–water partition coefficient (Wildman–Crippen LogP) is 0.649. The topological polar surface area (TPSA) is 66.5 Å². The maximum Gasteiger partial charge on any atom is 0.254 e. The third kappa shape index (κ3) is 2.23. The molecule has 104 valence electrons. The Kier molecular flexibility index (Phi) is 3.34. The summed E-state index contributed by atoms with van der Waals surface area (Å²) in [6.07, 6.45) is 3.48. The van der Waals surface area contributed by atoms with Crippen LogP contribution in [-0.2, 0) is 14.4 Å². The first kappa shape index (κ1) is 13.9. The van der Waals surface area contributed by atoms with Gasteiger partial charge in [0.2, 0.25) is 0 Å². The van der Waals surface area contributed by atoms with Crippen LogP contribution >= 0.6 is 0 Å². The second kappa shape index (κ2) is 4.56. The molecule has 2 aliphatic heterocycles. The number of nitrogens with one attached hydrogen (secondary N) is 1. The van der Waals surface area contributed by atoms with Crippen molar-refractivity contribution in [3.63, 3.8) is 0 Å². The van der Waals surface area contributed by atoms with Crippen LogP contribution in [0.3, 0.4) is 0 Å². The van der Waals surface area contributed by atoms with Gasteiger partial charge < -0.3 is 5.32 Å². The number of carbonyl (C=O) groups excluding carboxylic acids is 3. The number of nitrogens with zero attached hydrogens (tertiary/aromatic N) is 1. The summed E-state index contributed by atoms with van der Waals surface area (Å²) in [5, 5.41) is 3.18. The van der Waals surface area contributed by atoms with Crippen LogP contribution in [0.2, 0.25) is 0 Å². The van der Waals surface area contributed by atoms with E-state index in [9.17, 15) is 14.4 Å². The zero-order valence-corrected chi connectivity index (χ0v) is 11.7. The molecule has 0 radical (unpaired) electrons. The second-order valence-electron chi connectivity index (χ2n) is 6.21. The number of Topliss-reactive ketones (excluding diaryl/α,β-unsaturated/α-hetero) is 1. The van der Waals surface area contributed by atoms with Crippen LogP contribution in [0.4, 0.5) is 0 Å². The van der Waals surface area contributed by atoms with Crippen molar-refractivity contribution < 1.29 is 14.4 Å². The third-order valence-electron chi connectivity index (χ3n) is 3.77. The maximum atomic E-state index is 12.8. The smallest absolute Gasteiger partial charge is 0.254 e. The Morgan fingerprint density at radius 3 is 2.05 bits per heavy atom. The number of rotatable bonds is 2. The quantitative estimate of drug-likeness (QED) is 0.744. The van der Waals surface area contributed by atoms with E-state index in [2.05, 4.69) is 5.32 Å². The van der Waals surface area contributed by atoms with Crippen LogP contribution in [0.25, 0.3) is 0 Å². The molecule has 19 heavy (non-hydrogen) atoms. The van der Waals surface area contributed by atoms with E-state index in [1.54, 1.807) is 0 Å². The molecular formula is C14H20N2O3. The van der Waals surface area contributed by atoms with Crippen molar-refractivity contribution in [1.29, 1.82) is 0 Å². The molecule has 5 heteroatoms. The first-order valence-corrected chi connectivity index (χ1v) is 6.61. The average molecular weight is 264 g/mol. The summed E-state index contributed by atoms with van der Waals surface area (Å²) in [5.74, 6) is -0.777. The maximum absolute atomic E-state index is 12.8. The lowest BCUT2D eigenvalue weighted by atomic mass is 9.72. The molecule has 5 nitrogen and oxygen atoms in total. The second-order valence-corrected chi connectivity index (χ2v) is 6.21. The van der Waals surface area contributed by atoms with Gasteiger partial charge in [-0.3, -0.25) is 19.3 Å². The van der Waals surface area contributed by atoms with E-state index in [1.165, 1.54) is 17.1 Å². The van der Waals surface area contributed by atoms with E-state index in [0.29, 0.717) is 25.9 Å². The van der Waals surface area contributed by atoms with Crippen LogP contribution in [0.5, 0.6) is 0 Å². The minimum Gasteiger partial charge on any atom is -0.317 e. The van der Waals surface area contributed by atoms with E-state index in [4.69, 9.17) is 0 Å². The molecule has 1 fully saturated rings. The molecule has 0 aromatic carbocycles. The largest absolute Gasteiger partial charge is 0.317 e. The van der Waals surface area contributed by atoms with Gasteiger partial charge in [0.1, 0.15) is 5.54 Å². The minimum atomic E-state index is -0.985. The van der Waals surface area contributed by atoms with Crippen LogP contribution in [-0.4, -0.2) is 41.1 Å². The number of hydrogen-bond acceptors (Lipinski definition) is 4. The highest BCUT2D eigenvalue weighted by atomic mass is 16.2. The molecular weight excluding hydrogens is 244 g/mol. The van der Waals surface area contributed by atoms with Crippen molar-refractivity contribution >= 4 is 17.6 Å². The minimum absolute atomic E-state index is 0.0353. The van der Waals surface area contributed by atoms with Crippen LogP contribution in [0, 0.1) is 5.41 Å². The lowest BCUT2D eigenvalue weighted by molar-refractivity contribution is -0.156. The van der Waals surface area contributed by atoms with Crippen molar-refractivity contribution in [2.24, 2.45) is 5.41 Å². The highest BCUT2D eigenvalue weighted by Gasteiger charge is 2.53. The predicted molar refractivity (Wildman–Crippen MR) is 70.3 cm³/mol. The van der Waals surface area contributed by atoms with Crippen molar-refractivity contribution in [3.8, 4) is 0 Å². The number of ketones is 1. The highest BCUT2D eigenvalue weighted by molar-refractivity contribution is 6.16. The van der Waals surface area contributed by atoms with Gasteiger partial charge in [-0.05, 0) is 25.9 Å². The fourth-order valence-electron chi connectivity index (χ4n) is 2.91. The Bertz CT molecular complexity index is 436. The molecule has 0 aromatic heterocycles. The lowest BCUT2D eigenvalue weighted by Gasteiger charge is -2.45. The first-order chi connectivity index (χ1) is 8.79. The zero-order valence-electron chi connectivity index (χ0n) is 11.7. The third-order valence-corrected chi connectivity index (χ3v) is 3.77. The molecule has 0 atom stereocenters. The van der Waals surface area contributed by atoms with Crippen molar-refractivity contribution in [1.82, 2.24) is 10.2 Å². The molecule has 0 spiro atoms. The van der Waals surface area contributed by atoms with Gasteiger partial charge in [0.05, 0.1) is 0 Å². The van der Waals surface area contributed by atoms with Gasteiger partial charge in [0.25, 0.3) is 11.8 Å². The van der Waals surface area contributed by atoms with Crippen LogP contribution in [0.1, 0.15) is 33.6 Å². The van der Waals surface area contributed by atoms with Gasteiger partial charge in [-0.2, -0.15) is 0 Å². The Labute approximate surface area is 113 Å². The van der Waals surface area contributed by atoms with Crippen LogP contribution < -0.4 is 5.32 Å². The number of amides is 2. The molecule has 2 rings (SSSR count). The van der Waals surface area contributed by atoms with E-state index >= 15 is 0 Å². The molecule has 0 unspecified atom stereocenters. The number of piperidine rings is 1. The summed E-state index contributed by atoms with van der Waals surface area (Å²) in [7, 11) is 0. The fraction of sp³-hybridized carbons (Fsp3) is 0.643. The van der Waals surface area contributed by atoms with Gasteiger partial charge in [0, 0.05) is 17.6 Å². The number of carbonyl (C=O) groups is 3. The SMILES string of the molecule is CC(C)(C)C(=O)C1(N2C(=O)C=CC2=O)CCNCC1. The number of imide groups is 1. The van der Waals surface area contributed by atoms with Gasteiger partial charge in [-0.25, -0.2) is 0 Å². The summed E-state index contributed by atoms with van der Waals surface area (Å²) < 4.78 is 0. The molecule has 1 N–H and O–H groups in total. The average Bonchev–Trinajstić information content (AvgIpc) is 2.68. The summed E-state index contributed by atoms with van der Waals surface area (Å²) in [4.78, 5) is 37.9. The molecule has 2 amide bonds. The molecule has 0 aliphatic carbocycles. The normalized spacial score (nSPS) is 23.0. The number of hydrogen-bond donors (Lipinski definition) is 1. The molecule has 0 saturated carbocycles. The van der Waals surface area contributed by atoms with Crippen molar-refractivity contribution in [2.75, 3.05) is 13.1 Å². The van der Waals surface area contributed by atoms with E-state index in [1.807, 2.05) is 20.8 Å². The summed E-state index contributed by atoms with van der Waals surface area (Å²) in [6, 6.07) is 0. The van der Waals surface area contributed by atoms with Crippen molar-refractivity contribution in [2.45, 2.75) is 39.2 Å².